The van der Waals surface area contributed by atoms with E-state index in [0.717, 1.165) is 54.5 Å². The van der Waals surface area contributed by atoms with Crippen molar-refractivity contribution in [3.63, 3.8) is 0 Å². The summed E-state index contributed by atoms with van der Waals surface area (Å²) in [6.45, 7) is 3.92. The zero-order chi connectivity index (χ0) is 29.4. The summed E-state index contributed by atoms with van der Waals surface area (Å²) >= 11 is 0. The van der Waals surface area contributed by atoms with Gasteiger partial charge in [0.2, 0.25) is 10.0 Å². The van der Waals surface area contributed by atoms with Crippen LogP contribution < -0.4 is 4.74 Å². The number of halogens is 3. The highest BCUT2D eigenvalue weighted by Crippen LogP contribution is 2.48. The van der Waals surface area contributed by atoms with Crippen LogP contribution in [0.5, 0.6) is 5.75 Å². The van der Waals surface area contributed by atoms with Gasteiger partial charge in [0.25, 0.3) is 0 Å². The van der Waals surface area contributed by atoms with Crippen LogP contribution in [0.25, 0.3) is 11.1 Å². The first-order valence-electron chi connectivity index (χ1n) is 13.6. The molecule has 6 nitrogen and oxygen atoms in total. The van der Waals surface area contributed by atoms with Crippen molar-refractivity contribution < 1.29 is 35.9 Å². The highest BCUT2D eigenvalue weighted by atomic mass is 32.2. The van der Waals surface area contributed by atoms with E-state index in [-0.39, 0.29) is 30.1 Å². The van der Waals surface area contributed by atoms with Gasteiger partial charge in [-0.2, -0.15) is 17.5 Å². The second kappa shape index (κ2) is 11.1. The van der Waals surface area contributed by atoms with Crippen LogP contribution in [-0.4, -0.2) is 38.5 Å². The number of esters is 1. The zero-order valence-corrected chi connectivity index (χ0v) is 23.8. The van der Waals surface area contributed by atoms with Crippen molar-refractivity contribution in [3.8, 4) is 16.9 Å². The number of carbonyl (C=O) groups excluding carboxylic acids is 1. The van der Waals surface area contributed by atoms with Crippen LogP contribution >= 0.6 is 0 Å². The minimum absolute atomic E-state index is 0.133. The summed E-state index contributed by atoms with van der Waals surface area (Å²) in [5.74, 6) is -0.109. The van der Waals surface area contributed by atoms with Crippen LogP contribution in [0.1, 0.15) is 54.9 Å². The maximum atomic E-state index is 13.9. The number of carbonyl (C=O) groups is 1. The molecule has 1 aliphatic heterocycles. The monoisotopic (exact) mass is 587 g/mol. The van der Waals surface area contributed by atoms with E-state index in [9.17, 15) is 26.4 Å². The lowest BCUT2D eigenvalue weighted by Crippen LogP contribution is -2.46. The Morgan fingerprint density at radius 2 is 1.66 bits per heavy atom. The fraction of sp³-hybridized carbons (Fsp3) is 0.387. The van der Waals surface area contributed by atoms with Crippen molar-refractivity contribution in [3.05, 3.63) is 82.9 Å². The van der Waals surface area contributed by atoms with Crippen molar-refractivity contribution in [1.82, 2.24) is 4.31 Å². The summed E-state index contributed by atoms with van der Waals surface area (Å²) in [5.41, 5.74) is 2.92. The van der Waals surface area contributed by atoms with Gasteiger partial charge in [-0.15, -0.1) is 0 Å². The first-order chi connectivity index (χ1) is 19.4. The van der Waals surface area contributed by atoms with E-state index < -0.39 is 27.7 Å². The van der Waals surface area contributed by atoms with Gasteiger partial charge in [0.15, 0.2) is 6.61 Å². The molecule has 1 spiro atoms. The standard InChI is InChI=1S/C31H32F3NO5S/c1-3-39-29(36)19-40-28-13-11-26(16-21(28)2)41(37,38)35-18-24-17-23(22-6-9-25(10-7-22)31(32,33)34)8-12-27(24)30(20-35)14-4-5-15-30/h6-13,16-17H,3-5,14-15,18-20H2,1-2H3. The predicted octanol–water partition coefficient (Wildman–Crippen LogP) is 6.64. The number of hydrogen-bond donors (Lipinski definition) is 0. The minimum atomic E-state index is -4.42. The number of aryl methyl sites for hydroxylation is 1. The number of rotatable bonds is 7. The molecule has 1 aliphatic carbocycles. The molecule has 3 aromatic carbocycles. The summed E-state index contributed by atoms with van der Waals surface area (Å²) in [6.07, 6.45) is -0.683. The molecule has 0 N–H and O–H groups in total. The largest absolute Gasteiger partial charge is 0.482 e. The smallest absolute Gasteiger partial charge is 0.416 e. The third kappa shape index (κ3) is 5.85. The summed E-state index contributed by atoms with van der Waals surface area (Å²) in [5, 5.41) is 0. The van der Waals surface area contributed by atoms with Crippen molar-refractivity contribution in [2.45, 2.75) is 62.6 Å². The molecule has 41 heavy (non-hydrogen) atoms. The normalized spacial score (nSPS) is 16.9. The van der Waals surface area contributed by atoms with Crippen LogP contribution in [-0.2, 0) is 37.7 Å². The Morgan fingerprint density at radius 3 is 2.29 bits per heavy atom. The van der Waals surface area contributed by atoms with Crippen LogP contribution in [0, 0.1) is 6.92 Å². The van der Waals surface area contributed by atoms with E-state index in [1.807, 2.05) is 18.2 Å². The SMILES string of the molecule is CCOC(=O)COc1ccc(S(=O)(=O)N2Cc3cc(-c4ccc(C(F)(F)F)cc4)ccc3C3(CCCC3)C2)cc1C. The molecule has 0 atom stereocenters. The molecule has 0 bridgehead atoms. The Morgan fingerprint density at radius 1 is 0.976 bits per heavy atom. The molecule has 1 saturated carbocycles. The number of nitrogens with zero attached hydrogens (tertiary/aromatic N) is 1. The van der Waals surface area contributed by atoms with Gasteiger partial charge >= 0.3 is 12.1 Å². The van der Waals surface area contributed by atoms with Gasteiger partial charge in [0.05, 0.1) is 17.1 Å². The average Bonchev–Trinajstić information content (AvgIpc) is 3.40. The molecule has 5 rings (SSSR count). The van der Waals surface area contributed by atoms with Crippen molar-refractivity contribution in [2.24, 2.45) is 0 Å². The predicted molar refractivity (Wildman–Crippen MR) is 148 cm³/mol. The highest BCUT2D eigenvalue weighted by molar-refractivity contribution is 7.89. The Bertz CT molecular complexity index is 1540. The number of ether oxygens (including phenoxy) is 2. The maximum absolute atomic E-state index is 13.9. The second-order valence-corrected chi connectivity index (χ2v) is 12.7. The maximum Gasteiger partial charge on any atom is 0.416 e. The lowest BCUT2D eigenvalue weighted by molar-refractivity contribution is -0.145. The molecular formula is C31H32F3NO5S. The molecule has 0 aromatic heterocycles. The second-order valence-electron chi connectivity index (χ2n) is 10.7. The average molecular weight is 588 g/mol. The number of hydrogen-bond acceptors (Lipinski definition) is 5. The number of fused-ring (bicyclic) bond motifs is 2. The van der Waals surface area contributed by atoms with Crippen LogP contribution in [0.4, 0.5) is 13.2 Å². The van der Waals surface area contributed by atoms with Gasteiger partial charge in [-0.05, 0) is 90.9 Å². The molecule has 0 saturated heterocycles. The summed E-state index contributed by atoms with van der Waals surface area (Å²) < 4.78 is 79.0. The Balaban J connectivity index is 1.45. The third-order valence-electron chi connectivity index (χ3n) is 8.04. The molecule has 1 heterocycles. The van der Waals surface area contributed by atoms with Gasteiger partial charge < -0.3 is 9.47 Å². The van der Waals surface area contributed by atoms with Crippen LogP contribution in [0.15, 0.2) is 65.6 Å². The Hall–Kier alpha value is -3.37. The molecule has 10 heteroatoms. The van der Waals surface area contributed by atoms with Crippen LogP contribution in [0.3, 0.4) is 0 Å². The van der Waals surface area contributed by atoms with Crippen molar-refractivity contribution in [2.75, 3.05) is 19.8 Å². The fourth-order valence-electron chi connectivity index (χ4n) is 6.02. The molecule has 0 amide bonds. The molecule has 218 valence electrons. The first-order valence-corrected chi connectivity index (χ1v) is 15.1. The van der Waals surface area contributed by atoms with E-state index in [4.69, 9.17) is 9.47 Å². The minimum Gasteiger partial charge on any atom is -0.482 e. The number of benzene rings is 3. The summed E-state index contributed by atoms with van der Waals surface area (Å²) in [4.78, 5) is 11.8. The van der Waals surface area contributed by atoms with Crippen LogP contribution in [0.2, 0.25) is 0 Å². The van der Waals surface area contributed by atoms with Gasteiger partial charge in [-0.25, -0.2) is 13.2 Å². The van der Waals surface area contributed by atoms with E-state index in [0.29, 0.717) is 23.4 Å². The molecular weight excluding hydrogens is 555 g/mol. The molecule has 1 fully saturated rings. The number of sulfonamides is 1. The van der Waals surface area contributed by atoms with Crippen molar-refractivity contribution in [1.29, 1.82) is 0 Å². The number of alkyl halides is 3. The van der Waals surface area contributed by atoms with E-state index in [1.54, 1.807) is 26.0 Å². The molecule has 0 radical (unpaired) electrons. The summed E-state index contributed by atoms with van der Waals surface area (Å²) in [6, 6.07) is 15.5. The lowest BCUT2D eigenvalue weighted by Gasteiger charge is -2.41. The van der Waals surface area contributed by atoms with Gasteiger partial charge in [-0.1, -0.05) is 37.1 Å². The molecule has 0 unspecified atom stereocenters. The van der Waals surface area contributed by atoms with Gasteiger partial charge in [-0.3, -0.25) is 0 Å². The van der Waals surface area contributed by atoms with Crippen molar-refractivity contribution >= 4 is 16.0 Å². The zero-order valence-electron chi connectivity index (χ0n) is 23.0. The summed E-state index contributed by atoms with van der Waals surface area (Å²) in [7, 11) is -3.89. The Kier molecular flexibility index (Phi) is 7.91. The molecule has 2 aliphatic rings. The van der Waals surface area contributed by atoms with Gasteiger partial charge in [0.1, 0.15) is 5.75 Å². The molecule has 3 aromatic rings. The lowest BCUT2D eigenvalue weighted by atomic mass is 9.74. The first kappa shape index (κ1) is 29.1. The quantitative estimate of drug-likeness (QED) is 0.290. The topological polar surface area (TPSA) is 72.9 Å². The van der Waals surface area contributed by atoms with E-state index >= 15 is 0 Å². The fourth-order valence-corrected chi connectivity index (χ4v) is 7.61. The van der Waals surface area contributed by atoms with Gasteiger partial charge in [0, 0.05) is 18.5 Å². The highest BCUT2D eigenvalue weighted by Gasteiger charge is 2.45. The van der Waals surface area contributed by atoms with E-state index in [1.165, 1.54) is 22.5 Å². The third-order valence-corrected chi connectivity index (χ3v) is 9.83. The van der Waals surface area contributed by atoms with E-state index in [2.05, 4.69) is 0 Å². The Labute approximate surface area is 238 Å².